The van der Waals surface area contributed by atoms with Crippen molar-refractivity contribution in [2.75, 3.05) is 0 Å². The summed E-state index contributed by atoms with van der Waals surface area (Å²) in [6, 6.07) is 8.41. The van der Waals surface area contributed by atoms with E-state index in [0.717, 1.165) is 19.3 Å². The van der Waals surface area contributed by atoms with Gasteiger partial charge in [0.1, 0.15) is 0 Å². The molecule has 3 rings (SSSR count). The highest BCUT2D eigenvalue weighted by Gasteiger charge is 2.42. The van der Waals surface area contributed by atoms with Crippen molar-refractivity contribution < 1.29 is 12.6 Å². The maximum absolute atomic E-state index is 12.0. The van der Waals surface area contributed by atoms with Crippen LogP contribution in [0.5, 0.6) is 0 Å². The van der Waals surface area contributed by atoms with Crippen LogP contribution in [0.2, 0.25) is 0 Å². The van der Waals surface area contributed by atoms with E-state index in [9.17, 15) is 8.42 Å². The van der Waals surface area contributed by atoms with E-state index in [-0.39, 0.29) is 11.0 Å². The van der Waals surface area contributed by atoms with Crippen molar-refractivity contribution in [1.82, 2.24) is 0 Å². The van der Waals surface area contributed by atoms with Gasteiger partial charge in [0, 0.05) is 0 Å². The van der Waals surface area contributed by atoms with E-state index < -0.39 is 10.1 Å². The summed E-state index contributed by atoms with van der Waals surface area (Å²) in [6.07, 6.45) is 4.35. The van der Waals surface area contributed by atoms with Crippen molar-refractivity contribution in [3.63, 3.8) is 0 Å². The molecule has 3 nitrogen and oxygen atoms in total. The Morgan fingerprint density at radius 1 is 1.06 bits per heavy atom. The van der Waals surface area contributed by atoms with E-state index >= 15 is 0 Å². The average Bonchev–Trinajstić information content (AvgIpc) is 2.91. The van der Waals surface area contributed by atoms with E-state index in [1.807, 2.05) is 0 Å². The molecule has 17 heavy (non-hydrogen) atoms. The number of fused-ring (bicyclic) bond motifs is 2. The third-order valence-electron chi connectivity index (χ3n) is 3.96. The lowest BCUT2D eigenvalue weighted by Crippen LogP contribution is -2.24. The van der Waals surface area contributed by atoms with E-state index in [1.54, 1.807) is 30.3 Å². The van der Waals surface area contributed by atoms with Gasteiger partial charge in [0.25, 0.3) is 10.1 Å². The molecule has 2 aliphatic rings. The Hall–Kier alpha value is -0.870. The summed E-state index contributed by atoms with van der Waals surface area (Å²) in [5, 5.41) is 0. The molecule has 2 aliphatic carbocycles. The predicted molar refractivity (Wildman–Crippen MR) is 63.9 cm³/mol. The van der Waals surface area contributed by atoms with Gasteiger partial charge in [-0.3, -0.25) is 4.18 Å². The molecule has 1 aromatic carbocycles. The summed E-state index contributed by atoms with van der Waals surface area (Å²) in [4.78, 5) is 0.266. The predicted octanol–water partition coefficient (Wildman–Crippen LogP) is 2.58. The Balaban J connectivity index is 1.77. The Labute approximate surface area is 102 Å². The fourth-order valence-electron chi connectivity index (χ4n) is 3.11. The van der Waals surface area contributed by atoms with Crippen LogP contribution in [0.25, 0.3) is 0 Å². The maximum atomic E-state index is 12.0. The highest BCUT2D eigenvalue weighted by atomic mass is 32.2. The molecule has 4 heteroatoms. The van der Waals surface area contributed by atoms with Gasteiger partial charge in [0.2, 0.25) is 0 Å². The summed E-state index contributed by atoms with van der Waals surface area (Å²) < 4.78 is 29.5. The van der Waals surface area contributed by atoms with Crippen molar-refractivity contribution in [1.29, 1.82) is 0 Å². The molecule has 0 N–H and O–H groups in total. The molecule has 2 saturated carbocycles. The molecule has 1 aromatic rings. The second-order valence-corrected chi connectivity index (χ2v) is 6.65. The first-order valence-electron chi connectivity index (χ1n) is 6.13. The van der Waals surface area contributed by atoms with Gasteiger partial charge in [-0.2, -0.15) is 8.42 Å². The quantitative estimate of drug-likeness (QED) is 0.777. The van der Waals surface area contributed by atoms with E-state index in [1.165, 1.54) is 6.42 Å². The van der Waals surface area contributed by atoms with E-state index in [4.69, 9.17) is 4.18 Å². The van der Waals surface area contributed by atoms with Crippen molar-refractivity contribution in [2.45, 2.75) is 36.7 Å². The van der Waals surface area contributed by atoms with Crippen LogP contribution in [0.1, 0.15) is 25.7 Å². The summed E-state index contributed by atoms with van der Waals surface area (Å²) >= 11 is 0. The molecule has 0 radical (unpaired) electrons. The molecule has 0 unspecified atom stereocenters. The molecular weight excluding hydrogens is 236 g/mol. The molecule has 2 fully saturated rings. The third kappa shape index (κ3) is 2.11. The first-order chi connectivity index (χ1) is 8.15. The van der Waals surface area contributed by atoms with Crippen LogP contribution in [0, 0.1) is 11.8 Å². The molecule has 92 valence electrons. The highest BCUT2D eigenvalue weighted by Crippen LogP contribution is 2.46. The highest BCUT2D eigenvalue weighted by molar-refractivity contribution is 7.86. The molecule has 0 saturated heterocycles. The molecule has 0 aromatic heterocycles. The minimum Gasteiger partial charge on any atom is -0.263 e. The fourth-order valence-corrected chi connectivity index (χ4v) is 4.27. The van der Waals surface area contributed by atoms with E-state index in [2.05, 4.69) is 0 Å². The van der Waals surface area contributed by atoms with Gasteiger partial charge >= 0.3 is 0 Å². The van der Waals surface area contributed by atoms with Gasteiger partial charge in [-0.05, 0) is 49.7 Å². The van der Waals surface area contributed by atoms with Crippen LogP contribution >= 0.6 is 0 Å². The van der Waals surface area contributed by atoms with Crippen LogP contribution in [-0.4, -0.2) is 14.5 Å². The van der Waals surface area contributed by atoms with Crippen LogP contribution in [-0.2, 0) is 14.3 Å². The molecule has 0 spiro atoms. The van der Waals surface area contributed by atoms with Crippen molar-refractivity contribution in [3.8, 4) is 0 Å². The Bertz CT molecular complexity index is 495. The first kappa shape index (κ1) is 11.2. The van der Waals surface area contributed by atoms with Gasteiger partial charge in [-0.1, -0.05) is 18.2 Å². The zero-order valence-corrected chi connectivity index (χ0v) is 10.4. The number of rotatable bonds is 3. The summed E-state index contributed by atoms with van der Waals surface area (Å²) in [6.45, 7) is 0. The van der Waals surface area contributed by atoms with Crippen molar-refractivity contribution in [3.05, 3.63) is 30.3 Å². The zero-order valence-electron chi connectivity index (χ0n) is 9.58. The van der Waals surface area contributed by atoms with Crippen LogP contribution in [0.15, 0.2) is 35.2 Å². The Morgan fingerprint density at radius 3 is 2.41 bits per heavy atom. The standard InChI is InChI=1S/C13H16O3S/c14-17(15,12-4-2-1-3-5-12)16-13-9-10-6-7-11(13)8-10/h1-5,10-11,13H,6-9H2/t10-,11+,13+/m1/s1. The van der Waals surface area contributed by atoms with E-state index in [0.29, 0.717) is 11.8 Å². The van der Waals surface area contributed by atoms with Gasteiger partial charge < -0.3 is 0 Å². The lowest BCUT2D eigenvalue weighted by atomic mass is 9.98. The van der Waals surface area contributed by atoms with Gasteiger partial charge in [-0.25, -0.2) is 0 Å². The summed E-state index contributed by atoms with van der Waals surface area (Å²) in [7, 11) is -3.57. The fraction of sp³-hybridized carbons (Fsp3) is 0.538. The van der Waals surface area contributed by atoms with Crippen LogP contribution in [0.4, 0.5) is 0 Å². The van der Waals surface area contributed by atoms with Crippen molar-refractivity contribution >= 4 is 10.1 Å². The molecule has 3 atom stereocenters. The normalized spacial score (nSPS) is 31.9. The monoisotopic (exact) mass is 252 g/mol. The van der Waals surface area contributed by atoms with Crippen LogP contribution < -0.4 is 0 Å². The van der Waals surface area contributed by atoms with Gasteiger partial charge in [-0.15, -0.1) is 0 Å². The minimum atomic E-state index is -3.57. The third-order valence-corrected chi connectivity index (χ3v) is 5.31. The largest absolute Gasteiger partial charge is 0.297 e. The number of hydrogen-bond donors (Lipinski definition) is 0. The summed E-state index contributed by atoms with van der Waals surface area (Å²) in [5.41, 5.74) is 0. The second kappa shape index (κ2) is 4.10. The molecule has 0 amide bonds. The number of hydrogen-bond acceptors (Lipinski definition) is 3. The SMILES string of the molecule is O=S(=O)(O[C@H]1C[C@@H]2CC[C@H]1C2)c1ccccc1. The molecule has 0 aliphatic heterocycles. The van der Waals surface area contributed by atoms with Gasteiger partial charge in [0.15, 0.2) is 0 Å². The first-order valence-corrected chi connectivity index (χ1v) is 7.54. The molecular formula is C13H16O3S. The molecule has 2 bridgehead atoms. The Morgan fingerprint density at radius 2 is 1.82 bits per heavy atom. The van der Waals surface area contributed by atoms with Crippen molar-refractivity contribution in [2.24, 2.45) is 11.8 Å². The van der Waals surface area contributed by atoms with Gasteiger partial charge in [0.05, 0.1) is 11.0 Å². The maximum Gasteiger partial charge on any atom is 0.297 e. The average molecular weight is 252 g/mol. The lowest BCUT2D eigenvalue weighted by Gasteiger charge is -2.21. The van der Waals surface area contributed by atoms with Crippen LogP contribution in [0.3, 0.4) is 0 Å². The summed E-state index contributed by atoms with van der Waals surface area (Å²) in [5.74, 6) is 1.15. The molecule has 0 heterocycles. The minimum absolute atomic E-state index is 0.0843. The second-order valence-electron chi connectivity index (χ2n) is 5.08. The Kier molecular flexibility index (Phi) is 2.71. The lowest BCUT2D eigenvalue weighted by molar-refractivity contribution is 0.145. The topological polar surface area (TPSA) is 43.4 Å². The number of benzene rings is 1. The zero-order chi connectivity index (χ0) is 11.9. The smallest absolute Gasteiger partial charge is 0.263 e.